The molecule has 0 bridgehead atoms. The first-order chi connectivity index (χ1) is 8.55. The molecule has 1 fully saturated rings. The number of hydrogen-bond acceptors (Lipinski definition) is 4. The van der Waals surface area contributed by atoms with E-state index >= 15 is 0 Å². The summed E-state index contributed by atoms with van der Waals surface area (Å²) in [7, 11) is -3.35. The summed E-state index contributed by atoms with van der Waals surface area (Å²) >= 11 is 1.79. The van der Waals surface area contributed by atoms with E-state index in [1.54, 1.807) is 28.2 Å². The SMILES string of the molecule is Cc1ccc(S(=O)(=O)N2CCSCC2)cc1CN. The zero-order valence-corrected chi connectivity index (χ0v) is 12.1. The maximum atomic E-state index is 12.4. The van der Waals surface area contributed by atoms with Crippen LogP contribution in [-0.2, 0) is 16.6 Å². The number of aryl methyl sites for hydroxylation is 1. The molecule has 1 aromatic rings. The number of benzene rings is 1. The van der Waals surface area contributed by atoms with Crippen molar-refractivity contribution in [2.24, 2.45) is 5.73 Å². The van der Waals surface area contributed by atoms with Crippen LogP contribution in [-0.4, -0.2) is 37.3 Å². The van der Waals surface area contributed by atoms with Crippen molar-refractivity contribution in [3.8, 4) is 0 Å². The molecule has 4 nitrogen and oxygen atoms in total. The van der Waals surface area contributed by atoms with Gasteiger partial charge in [0.15, 0.2) is 0 Å². The Morgan fingerprint density at radius 2 is 2.00 bits per heavy atom. The molecule has 0 spiro atoms. The van der Waals surface area contributed by atoms with Crippen LogP contribution in [0.15, 0.2) is 23.1 Å². The molecule has 0 radical (unpaired) electrons. The highest BCUT2D eigenvalue weighted by Gasteiger charge is 2.26. The lowest BCUT2D eigenvalue weighted by atomic mass is 10.1. The van der Waals surface area contributed by atoms with Gasteiger partial charge >= 0.3 is 0 Å². The van der Waals surface area contributed by atoms with Crippen molar-refractivity contribution >= 4 is 21.8 Å². The highest BCUT2D eigenvalue weighted by atomic mass is 32.2. The van der Waals surface area contributed by atoms with Crippen LogP contribution in [0.3, 0.4) is 0 Å². The third kappa shape index (κ3) is 2.71. The summed E-state index contributed by atoms with van der Waals surface area (Å²) in [6, 6.07) is 5.20. The largest absolute Gasteiger partial charge is 0.326 e. The van der Waals surface area contributed by atoms with E-state index in [1.165, 1.54) is 0 Å². The van der Waals surface area contributed by atoms with Crippen LogP contribution in [0.2, 0.25) is 0 Å². The minimum absolute atomic E-state index is 0.362. The maximum absolute atomic E-state index is 12.4. The second kappa shape index (κ2) is 5.61. The van der Waals surface area contributed by atoms with Gasteiger partial charge in [0.25, 0.3) is 0 Å². The highest BCUT2D eigenvalue weighted by molar-refractivity contribution is 7.99. The average Bonchev–Trinajstić information content (AvgIpc) is 2.40. The van der Waals surface area contributed by atoms with Crippen LogP contribution in [0.1, 0.15) is 11.1 Å². The van der Waals surface area contributed by atoms with Crippen LogP contribution in [0.5, 0.6) is 0 Å². The molecule has 1 heterocycles. The molecule has 1 saturated heterocycles. The quantitative estimate of drug-likeness (QED) is 0.906. The summed E-state index contributed by atoms with van der Waals surface area (Å²) in [6.07, 6.45) is 0. The van der Waals surface area contributed by atoms with Gasteiger partial charge in [-0.2, -0.15) is 16.1 Å². The molecule has 0 amide bonds. The van der Waals surface area contributed by atoms with Crippen LogP contribution in [0.4, 0.5) is 0 Å². The van der Waals surface area contributed by atoms with Crippen molar-refractivity contribution < 1.29 is 8.42 Å². The number of hydrogen-bond donors (Lipinski definition) is 1. The van der Waals surface area contributed by atoms with E-state index in [-0.39, 0.29) is 0 Å². The van der Waals surface area contributed by atoms with E-state index < -0.39 is 10.0 Å². The van der Waals surface area contributed by atoms with Crippen molar-refractivity contribution in [2.45, 2.75) is 18.4 Å². The van der Waals surface area contributed by atoms with Crippen molar-refractivity contribution in [1.82, 2.24) is 4.31 Å². The first-order valence-corrected chi connectivity index (χ1v) is 8.52. The Labute approximate surface area is 113 Å². The van der Waals surface area contributed by atoms with Gasteiger partial charge in [0.1, 0.15) is 0 Å². The van der Waals surface area contributed by atoms with Crippen molar-refractivity contribution in [3.63, 3.8) is 0 Å². The molecule has 0 aromatic heterocycles. The van der Waals surface area contributed by atoms with Crippen LogP contribution < -0.4 is 5.73 Å². The van der Waals surface area contributed by atoms with Gasteiger partial charge in [-0.25, -0.2) is 8.42 Å². The van der Waals surface area contributed by atoms with Crippen molar-refractivity contribution in [3.05, 3.63) is 29.3 Å². The molecular weight excluding hydrogens is 268 g/mol. The predicted molar refractivity (Wildman–Crippen MR) is 75.2 cm³/mol. The smallest absolute Gasteiger partial charge is 0.243 e. The first-order valence-electron chi connectivity index (χ1n) is 5.93. The lowest BCUT2D eigenvalue weighted by molar-refractivity contribution is 0.443. The number of sulfonamides is 1. The van der Waals surface area contributed by atoms with E-state index in [0.717, 1.165) is 22.6 Å². The van der Waals surface area contributed by atoms with Gasteiger partial charge in [0.2, 0.25) is 10.0 Å². The zero-order chi connectivity index (χ0) is 13.2. The lowest BCUT2D eigenvalue weighted by Crippen LogP contribution is -2.37. The molecule has 0 atom stereocenters. The zero-order valence-electron chi connectivity index (χ0n) is 10.4. The second-order valence-electron chi connectivity index (χ2n) is 4.31. The van der Waals surface area contributed by atoms with E-state index in [9.17, 15) is 8.42 Å². The van der Waals surface area contributed by atoms with E-state index in [2.05, 4.69) is 0 Å². The number of nitrogens with zero attached hydrogens (tertiary/aromatic N) is 1. The van der Waals surface area contributed by atoms with Gasteiger partial charge in [-0.05, 0) is 30.2 Å². The third-order valence-corrected chi connectivity index (χ3v) is 5.99. The lowest BCUT2D eigenvalue weighted by Gasteiger charge is -2.25. The molecule has 2 N–H and O–H groups in total. The molecule has 1 aliphatic rings. The molecule has 2 rings (SSSR count). The van der Waals surface area contributed by atoms with Crippen molar-refractivity contribution in [1.29, 1.82) is 0 Å². The van der Waals surface area contributed by atoms with Crippen molar-refractivity contribution in [2.75, 3.05) is 24.6 Å². The van der Waals surface area contributed by atoms with Gasteiger partial charge in [-0.3, -0.25) is 0 Å². The monoisotopic (exact) mass is 286 g/mol. The molecule has 0 unspecified atom stereocenters. The van der Waals surface area contributed by atoms with E-state index in [4.69, 9.17) is 5.73 Å². The molecule has 1 aromatic carbocycles. The standard InChI is InChI=1S/C12H18N2O2S2/c1-10-2-3-12(8-11(10)9-13)18(15,16)14-4-6-17-7-5-14/h2-3,8H,4-7,9,13H2,1H3. The minimum Gasteiger partial charge on any atom is -0.326 e. The van der Waals surface area contributed by atoms with Gasteiger partial charge in [-0.1, -0.05) is 6.07 Å². The minimum atomic E-state index is -3.35. The van der Waals surface area contributed by atoms with Gasteiger partial charge in [-0.15, -0.1) is 0 Å². The number of rotatable bonds is 3. The normalized spacial score (nSPS) is 17.9. The topological polar surface area (TPSA) is 63.4 Å². The Hall–Kier alpha value is -0.560. The molecule has 0 aliphatic carbocycles. The third-order valence-electron chi connectivity index (χ3n) is 3.15. The fourth-order valence-electron chi connectivity index (χ4n) is 1.96. The molecule has 0 saturated carbocycles. The molecule has 1 aliphatic heterocycles. The summed E-state index contributed by atoms with van der Waals surface area (Å²) < 4.78 is 26.4. The Bertz CT molecular complexity index is 523. The summed E-state index contributed by atoms with van der Waals surface area (Å²) in [5.41, 5.74) is 7.55. The number of thioether (sulfide) groups is 1. The summed E-state index contributed by atoms with van der Waals surface area (Å²) in [5.74, 6) is 1.74. The Kier molecular flexibility index (Phi) is 4.32. The fourth-order valence-corrected chi connectivity index (χ4v) is 4.59. The predicted octanol–water partition coefficient (Wildman–Crippen LogP) is 1.19. The Balaban J connectivity index is 2.34. The highest BCUT2D eigenvalue weighted by Crippen LogP contribution is 2.22. The Morgan fingerprint density at radius 3 is 2.61 bits per heavy atom. The number of nitrogens with two attached hydrogens (primary N) is 1. The van der Waals surface area contributed by atoms with Gasteiger partial charge in [0.05, 0.1) is 4.90 Å². The summed E-state index contributed by atoms with van der Waals surface area (Å²) in [4.78, 5) is 0.362. The van der Waals surface area contributed by atoms with Crippen LogP contribution >= 0.6 is 11.8 Å². The summed E-state index contributed by atoms with van der Waals surface area (Å²) in [5, 5.41) is 0. The fraction of sp³-hybridized carbons (Fsp3) is 0.500. The second-order valence-corrected chi connectivity index (χ2v) is 7.47. The first kappa shape index (κ1) is 13.9. The molecule has 6 heteroatoms. The molecular formula is C12H18N2O2S2. The van der Waals surface area contributed by atoms with Crippen LogP contribution in [0.25, 0.3) is 0 Å². The average molecular weight is 286 g/mol. The summed E-state index contributed by atoms with van der Waals surface area (Å²) in [6.45, 7) is 3.50. The Morgan fingerprint density at radius 1 is 1.33 bits per heavy atom. The van der Waals surface area contributed by atoms with Gasteiger partial charge in [0, 0.05) is 31.1 Å². The molecule has 100 valence electrons. The van der Waals surface area contributed by atoms with E-state index in [1.807, 2.05) is 13.0 Å². The van der Waals surface area contributed by atoms with Gasteiger partial charge < -0.3 is 5.73 Å². The maximum Gasteiger partial charge on any atom is 0.243 e. The van der Waals surface area contributed by atoms with Crippen LogP contribution in [0, 0.1) is 6.92 Å². The molecule has 18 heavy (non-hydrogen) atoms. The van der Waals surface area contributed by atoms with E-state index in [0.29, 0.717) is 24.5 Å².